The van der Waals surface area contributed by atoms with Gasteiger partial charge in [0.15, 0.2) is 11.5 Å². The highest BCUT2D eigenvalue weighted by Crippen LogP contribution is 2.51. The van der Waals surface area contributed by atoms with Crippen molar-refractivity contribution in [3.63, 3.8) is 0 Å². The molecule has 43 heavy (non-hydrogen) atoms. The molecule has 4 aliphatic rings. The molecule has 1 aromatic carbocycles. The van der Waals surface area contributed by atoms with Crippen molar-refractivity contribution >= 4 is 18.1 Å². The van der Waals surface area contributed by atoms with Gasteiger partial charge in [-0.25, -0.2) is 0 Å². The molecule has 2 amide bonds. The van der Waals surface area contributed by atoms with Gasteiger partial charge in [0, 0.05) is 29.8 Å². The number of carbonyl (C=O) groups is 3. The van der Waals surface area contributed by atoms with E-state index in [1.165, 1.54) is 7.11 Å². The SMILES string of the molecule is COc1cc(C=O)cc2c1OC1C2C(C(=O)NCCO)=CC(N(CC2CC2)C(=O)COC2CC(C)CCC2C(C)C)C1O. The van der Waals surface area contributed by atoms with Gasteiger partial charge in [-0.2, -0.15) is 0 Å². The highest BCUT2D eigenvalue weighted by Gasteiger charge is 2.52. The van der Waals surface area contributed by atoms with E-state index in [9.17, 15) is 24.6 Å². The molecule has 0 radical (unpaired) electrons. The molecule has 7 atom stereocenters. The van der Waals surface area contributed by atoms with Crippen LogP contribution < -0.4 is 14.8 Å². The first kappa shape index (κ1) is 31.5. The summed E-state index contributed by atoms with van der Waals surface area (Å²) in [7, 11) is 1.46. The van der Waals surface area contributed by atoms with Crippen molar-refractivity contribution in [1.82, 2.24) is 10.2 Å². The van der Waals surface area contributed by atoms with Gasteiger partial charge >= 0.3 is 0 Å². The van der Waals surface area contributed by atoms with Gasteiger partial charge in [0.1, 0.15) is 25.1 Å². The number of ether oxygens (including phenoxy) is 3. The summed E-state index contributed by atoms with van der Waals surface area (Å²) in [5.74, 6) is 1.04. The molecular formula is C33H46N2O8. The molecule has 2 fully saturated rings. The Hall–Kier alpha value is -2.95. The molecular weight excluding hydrogens is 552 g/mol. The first-order valence-corrected chi connectivity index (χ1v) is 15.7. The molecule has 236 valence electrons. The van der Waals surface area contributed by atoms with E-state index < -0.39 is 30.1 Å². The van der Waals surface area contributed by atoms with E-state index in [4.69, 9.17) is 14.2 Å². The molecule has 0 saturated heterocycles. The third-order valence-corrected chi connectivity index (χ3v) is 9.63. The minimum absolute atomic E-state index is 0.00126. The first-order chi connectivity index (χ1) is 20.7. The number of amides is 2. The number of nitrogens with zero attached hydrogens (tertiary/aromatic N) is 1. The predicted molar refractivity (Wildman–Crippen MR) is 159 cm³/mol. The van der Waals surface area contributed by atoms with Crippen molar-refractivity contribution in [2.24, 2.45) is 23.7 Å². The van der Waals surface area contributed by atoms with Crippen LogP contribution in [0.3, 0.4) is 0 Å². The highest BCUT2D eigenvalue weighted by atomic mass is 16.5. The van der Waals surface area contributed by atoms with E-state index in [0.29, 0.717) is 64.7 Å². The summed E-state index contributed by atoms with van der Waals surface area (Å²) < 4.78 is 18.1. The number of aliphatic hydroxyl groups excluding tert-OH is 2. The number of nitrogens with one attached hydrogen (secondary N) is 1. The first-order valence-electron chi connectivity index (χ1n) is 15.7. The Kier molecular flexibility index (Phi) is 9.78. The molecule has 10 heteroatoms. The number of hydrogen-bond donors (Lipinski definition) is 3. The summed E-state index contributed by atoms with van der Waals surface area (Å²) in [6.07, 6.45) is 5.46. The smallest absolute Gasteiger partial charge is 0.249 e. The second-order valence-corrected chi connectivity index (χ2v) is 13.1. The summed E-state index contributed by atoms with van der Waals surface area (Å²) >= 11 is 0. The quantitative estimate of drug-likeness (QED) is 0.313. The van der Waals surface area contributed by atoms with Crippen LogP contribution in [0.4, 0.5) is 0 Å². The Morgan fingerprint density at radius 2 is 1.98 bits per heavy atom. The molecule has 1 heterocycles. The van der Waals surface area contributed by atoms with Crippen LogP contribution >= 0.6 is 0 Å². The summed E-state index contributed by atoms with van der Waals surface area (Å²) in [6.45, 7) is 6.79. The van der Waals surface area contributed by atoms with E-state index in [2.05, 4.69) is 26.1 Å². The maximum absolute atomic E-state index is 13.9. The van der Waals surface area contributed by atoms with E-state index in [0.717, 1.165) is 32.1 Å². The fourth-order valence-corrected chi connectivity index (χ4v) is 7.09. The lowest BCUT2D eigenvalue weighted by atomic mass is 9.75. The van der Waals surface area contributed by atoms with Gasteiger partial charge in [-0.1, -0.05) is 27.2 Å². The van der Waals surface area contributed by atoms with Crippen LogP contribution in [0.15, 0.2) is 23.8 Å². The number of hydrogen-bond acceptors (Lipinski definition) is 8. The number of methoxy groups -OCH3 is 1. The Balaban J connectivity index is 1.46. The maximum Gasteiger partial charge on any atom is 0.249 e. The van der Waals surface area contributed by atoms with Crippen LogP contribution in [0.25, 0.3) is 0 Å². The van der Waals surface area contributed by atoms with Crippen molar-refractivity contribution in [3.8, 4) is 11.5 Å². The molecule has 0 aromatic heterocycles. The minimum atomic E-state index is -1.16. The lowest BCUT2D eigenvalue weighted by molar-refractivity contribution is -0.147. The molecule has 0 bridgehead atoms. The van der Waals surface area contributed by atoms with Crippen molar-refractivity contribution in [1.29, 1.82) is 0 Å². The molecule has 3 N–H and O–H groups in total. The normalized spacial score (nSPS) is 29.7. The van der Waals surface area contributed by atoms with Gasteiger partial charge in [0.05, 0.1) is 31.8 Å². The number of carbonyl (C=O) groups excluding carboxylic acids is 3. The topological polar surface area (TPSA) is 135 Å². The fraction of sp³-hybridized carbons (Fsp3) is 0.667. The van der Waals surface area contributed by atoms with Crippen LogP contribution in [0.5, 0.6) is 11.5 Å². The zero-order valence-corrected chi connectivity index (χ0v) is 25.7. The van der Waals surface area contributed by atoms with Gasteiger partial charge in [-0.15, -0.1) is 0 Å². The summed E-state index contributed by atoms with van der Waals surface area (Å²) in [5.41, 5.74) is 1.22. The van der Waals surface area contributed by atoms with Crippen molar-refractivity contribution in [3.05, 3.63) is 34.9 Å². The van der Waals surface area contributed by atoms with E-state index >= 15 is 0 Å². The van der Waals surface area contributed by atoms with Gasteiger partial charge in [0.25, 0.3) is 0 Å². The number of benzene rings is 1. The second kappa shape index (κ2) is 13.4. The number of rotatable bonds is 12. The second-order valence-electron chi connectivity index (χ2n) is 13.1. The van der Waals surface area contributed by atoms with E-state index in [-0.39, 0.29) is 31.8 Å². The van der Waals surface area contributed by atoms with Crippen LogP contribution in [0, 0.1) is 23.7 Å². The Morgan fingerprint density at radius 3 is 2.63 bits per heavy atom. The molecule has 3 aliphatic carbocycles. The maximum atomic E-state index is 13.9. The number of aldehydes is 1. The average molecular weight is 599 g/mol. The lowest BCUT2D eigenvalue weighted by Crippen LogP contribution is -2.57. The van der Waals surface area contributed by atoms with Gasteiger partial charge < -0.3 is 34.6 Å². The van der Waals surface area contributed by atoms with E-state index in [1.54, 1.807) is 23.1 Å². The molecule has 1 aromatic rings. The Morgan fingerprint density at radius 1 is 1.21 bits per heavy atom. The highest BCUT2D eigenvalue weighted by molar-refractivity contribution is 5.96. The Labute approximate surface area is 253 Å². The van der Waals surface area contributed by atoms with Crippen LogP contribution in [0.2, 0.25) is 0 Å². The van der Waals surface area contributed by atoms with Crippen molar-refractivity contribution in [2.75, 3.05) is 33.4 Å². The largest absolute Gasteiger partial charge is 0.493 e. The number of aliphatic hydroxyl groups is 2. The molecule has 1 aliphatic heterocycles. The summed E-state index contributed by atoms with van der Waals surface area (Å²) in [5, 5.41) is 23.9. The van der Waals surface area contributed by atoms with Gasteiger partial charge in [-0.3, -0.25) is 14.4 Å². The zero-order valence-electron chi connectivity index (χ0n) is 25.7. The number of fused-ring (bicyclic) bond motifs is 3. The molecule has 10 nitrogen and oxygen atoms in total. The zero-order chi connectivity index (χ0) is 30.8. The monoisotopic (exact) mass is 598 g/mol. The fourth-order valence-electron chi connectivity index (χ4n) is 7.09. The molecule has 5 rings (SSSR count). The third kappa shape index (κ3) is 6.61. The van der Waals surface area contributed by atoms with Crippen molar-refractivity contribution < 1.29 is 38.8 Å². The Bertz CT molecular complexity index is 1230. The average Bonchev–Trinajstić information content (AvgIpc) is 3.74. The summed E-state index contributed by atoms with van der Waals surface area (Å²) in [4.78, 5) is 40.8. The van der Waals surface area contributed by atoms with Crippen LogP contribution in [-0.2, 0) is 14.3 Å². The van der Waals surface area contributed by atoms with E-state index in [1.807, 2.05) is 0 Å². The molecule has 0 spiro atoms. The third-order valence-electron chi connectivity index (χ3n) is 9.63. The minimum Gasteiger partial charge on any atom is -0.493 e. The van der Waals surface area contributed by atoms with Crippen LogP contribution in [-0.4, -0.2) is 91.0 Å². The van der Waals surface area contributed by atoms with Gasteiger partial charge in [-0.05, 0) is 67.6 Å². The van der Waals surface area contributed by atoms with Crippen molar-refractivity contribution in [2.45, 2.75) is 83.1 Å². The summed E-state index contributed by atoms with van der Waals surface area (Å²) in [6, 6.07) is 2.37. The van der Waals surface area contributed by atoms with Gasteiger partial charge in [0.2, 0.25) is 11.8 Å². The standard InChI is InChI=1S/C33H46N2O8/c1-18(2)22-8-5-19(3)11-26(22)42-17-28(38)35(15-20-6-7-20)25-14-24(33(40)34-9-10-36)29-23-12-21(16-37)13-27(41-4)31(23)43-32(29)30(25)39/h12-14,16,18-20,22,25-26,29-30,32,36,39H,5-11,15,17H2,1-4H3,(H,34,40). The lowest BCUT2D eigenvalue weighted by Gasteiger charge is -2.41. The molecule has 2 saturated carbocycles. The predicted octanol–water partition coefficient (Wildman–Crippen LogP) is 2.85. The van der Waals surface area contributed by atoms with Crippen LogP contribution in [0.1, 0.15) is 74.7 Å². The molecule has 7 unspecified atom stereocenters.